The average Bonchev–Trinajstić information content (AvgIpc) is 3.19. The molecule has 1 aliphatic carbocycles. The third-order valence-electron chi connectivity index (χ3n) is 5.93. The number of likely N-dealkylation sites (N-methyl/N-ethyl adjacent to an activating group) is 1. The molecule has 1 unspecified atom stereocenters. The number of nitrogens with two attached hydrogens (primary N) is 1. The van der Waals surface area contributed by atoms with E-state index in [9.17, 15) is 5.11 Å². The van der Waals surface area contributed by atoms with E-state index in [1.165, 1.54) is 38.5 Å². The Kier molecular flexibility index (Phi) is 9.42. The van der Waals surface area contributed by atoms with Gasteiger partial charge < -0.3 is 25.4 Å². The standard InChI is InChI=1S/C20H25N5O3.C6H12/c1-11-18(17-12(2)25-28-13(17)3)23-20(24-19(11)21)14-6-5-7-16(8-14)27-10-15(26)9-22-4;1-2-4-6-5-3-1/h5-8,15,22,26H,9-10H2,1-4H3,(H2,21,23,24);1-6H2. The van der Waals surface area contributed by atoms with Gasteiger partial charge in [0, 0.05) is 17.7 Å². The Balaban J connectivity index is 0.000000469. The molecular formula is C26H37N5O3. The maximum Gasteiger partial charge on any atom is 0.162 e. The zero-order valence-electron chi connectivity index (χ0n) is 20.7. The van der Waals surface area contributed by atoms with E-state index in [2.05, 4.69) is 15.5 Å². The average molecular weight is 468 g/mol. The van der Waals surface area contributed by atoms with Crippen molar-refractivity contribution in [3.8, 4) is 28.4 Å². The van der Waals surface area contributed by atoms with Crippen LogP contribution in [0.25, 0.3) is 22.6 Å². The lowest BCUT2D eigenvalue weighted by atomic mass is 10.0. The van der Waals surface area contributed by atoms with E-state index < -0.39 is 6.10 Å². The summed E-state index contributed by atoms with van der Waals surface area (Å²) < 4.78 is 11.0. The van der Waals surface area contributed by atoms with Crippen LogP contribution in [0.4, 0.5) is 5.82 Å². The van der Waals surface area contributed by atoms with Crippen molar-refractivity contribution in [1.29, 1.82) is 0 Å². The molecule has 0 bridgehead atoms. The predicted octanol–water partition coefficient (Wildman–Crippen LogP) is 4.61. The third-order valence-corrected chi connectivity index (χ3v) is 5.93. The molecule has 0 saturated heterocycles. The molecule has 1 saturated carbocycles. The summed E-state index contributed by atoms with van der Waals surface area (Å²) in [7, 11) is 1.78. The highest BCUT2D eigenvalue weighted by atomic mass is 16.5. The van der Waals surface area contributed by atoms with E-state index in [4.69, 9.17) is 20.0 Å². The monoisotopic (exact) mass is 467 g/mol. The predicted molar refractivity (Wildman–Crippen MR) is 135 cm³/mol. The first-order valence-corrected chi connectivity index (χ1v) is 12.0. The van der Waals surface area contributed by atoms with E-state index in [0.717, 1.165) is 22.4 Å². The minimum absolute atomic E-state index is 0.186. The molecule has 0 radical (unpaired) electrons. The summed E-state index contributed by atoms with van der Waals surface area (Å²) in [6, 6.07) is 7.39. The fourth-order valence-electron chi connectivity index (χ4n) is 4.00. The summed E-state index contributed by atoms with van der Waals surface area (Å²) >= 11 is 0. The summed E-state index contributed by atoms with van der Waals surface area (Å²) in [5.74, 6) is 2.18. The number of nitrogens with zero attached hydrogens (tertiary/aromatic N) is 3. The molecule has 1 atom stereocenters. The summed E-state index contributed by atoms with van der Waals surface area (Å²) in [5.41, 5.74) is 9.99. The SMILES string of the molecule is C1CCCCC1.CNCC(O)COc1cccc(-c2nc(N)c(C)c(-c3c(C)noc3C)n2)c1. The number of rotatable bonds is 7. The van der Waals surface area contributed by atoms with Gasteiger partial charge in [-0.05, 0) is 40.0 Å². The Bertz CT molecular complexity index is 1030. The van der Waals surface area contributed by atoms with E-state index in [-0.39, 0.29) is 6.61 Å². The van der Waals surface area contributed by atoms with Crippen LogP contribution in [0.2, 0.25) is 0 Å². The van der Waals surface area contributed by atoms with Crippen molar-refractivity contribution in [2.24, 2.45) is 0 Å². The molecule has 184 valence electrons. The second-order valence-corrected chi connectivity index (χ2v) is 8.78. The Labute approximate surface area is 201 Å². The second-order valence-electron chi connectivity index (χ2n) is 8.78. The maximum absolute atomic E-state index is 9.81. The van der Waals surface area contributed by atoms with Gasteiger partial charge in [0.25, 0.3) is 0 Å². The Hall–Kier alpha value is -2.97. The van der Waals surface area contributed by atoms with E-state index in [0.29, 0.717) is 35.4 Å². The first-order valence-electron chi connectivity index (χ1n) is 12.0. The van der Waals surface area contributed by atoms with Crippen LogP contribution >= 0.6 is 0 Å². The zero-order chi connectivity index (χ0) is 24.5. The molecule has 0 aliphatic heterocycles. The van der Waals surface area contributed by atoms with Gasteiger partial charge in [0.15, 0.2) is 5.82 Å². The van der Waals surface area contributed by atoms with E-state index >= 15 is 0 Å². The van der Waals surface area contributed by atoms with Crippen LogP contribution in [0.1, 0.15) is 55.5 Å². The molecular weight excluding hydrogens is 430 g/mol. The van der Waals surface area contributed by atoms with Crippen molar-refractivity contribution in [1.82, 2.24) is 20.4 Å². The Morgan fingerprint density at radius 1 is 1.09 bits per heavy atom. The van der Waals surface area contributed by atoms with Crippen LogP contribution in [-0.2, 0) is 0 Å². The van der Waals surface area contributed by atoms with Gasteiger partial charge in [-0.3, -0.25) is 0 Å². The number of aryl methyl sites for hydroxylation is 2. The molecule has 8 heteroatoms. The number of hydrogen-bond acceptors (Lipinski definition) is 8. The van der Waals surface area contributed by atoms with Crippen LogP contribution in [0.15, 0.2) is 28.8 Å². The minimum Gasteiger partial charge on any atom is -0.491 e. The number of ether oxygens (including phenoxy) is 1. The normalized spacial score (nSPS) is 14.3. The van der Waals surface area contributed by atoms with Gasteiger partial charge in [0.2, 0.25) is 0 Å². The highest BCUT2D eigenvalue weighted by molar-refractivity contribution is 5.73. The van der Waals surface area contributed by atoms with Gasteiger partial charge in [-0.15, -0.1) is 0 Å². The van der Waals surface area contributed by atoms with Crippen molar-refractivity contribution >= 4 is 5.82 Å². The number of anilines is 1. The van der Waals surface area contributed by atoms with Gasteiger partial charge in [0.1, 0.15) is 30.0 Å². The number of hydrogen-bond donors (Lipinski definition) is 3. The van der Waals surface area contributed by atoms with E-state index in [1.807, 2.05) is 45.0 Å². The molecule has 0 spiro atoms. The van der Waals surface area contributed by atoms with Gasteiger partial charge in [-0.25, -0.2) is 9.97 Å². The van der Waals surface area contributed by atoms with Crippen LogP contribution in [-0.4, -0.2) is 46.5 Å². The molecule has 8 nitrogen and oxygen atoms in total. The van der Waals surface area contributed by atoms with Crippen molar-refractivity contribution in [2.45, 2.75) is 65.4 Å². The van der Waals surface area contributed by atoms with Gasteiger partial charge in [-0.2, -0.15) is 0 Å². The van der Waals surface area contributed by atoms with Crippen molar-refractivity contribution in [3.63, 3.8) is 0 Å². The molecule has 2 aromatic heterocycles. The molecule has 1 aromatic carbocycles. The number of benzene rings is 1. The first kappa shape index (κ1) is 25.6. The van der Waals surface area contributed by atoms with Crippen LogP contribution in [0.5, 0.6) is 5.75 Å². The number of nitrogen functional groups attached to an aromatic ring is 1. The molecule has 1 fully saturated rings. The number of aromatic nitrogens is 3. The maximum atomic E-state index is 9.81. The minimum atomic E-state index is -0.592. The summed E-state index contributed by atoms with van der Waals surface area (Å²) in [4.78, 5) is 9.17. The van der Waals surface area contributed by atoms with Crippen LogP contribution in [0, 0.1) is 20.8 Å². The smallest absolute Gasteiger partial charge is 0.162 e. The lowest BCUT2D eigenvalue weighted by Gasteiger charge is -2.13. The number of aliphatic hydroxyl groups excluding tert-OH is 1. The molecule has 34 heavy (non-hydrogen) atoms. The fourth-order valence-corrected chi connectivity index (χ4v) is 4.00. The Morgan fingerprint density at radius 3 is 2.35 bits per heavy atom. The summed E-state index contributed by atoms with van der Waals surface area (Å²) in [6.45, 7) is 6.23. The second kappa shape index (κ2) is 12.5. The topological polar surface area (TPSA) is 119 Å². The van der Waals surface area contributed by atoms with Crippen molar-refractivity contribution in [3.05, 3.63) is 41.3 Å². The van der Waals surface area contributed by atoms with Gasteiger partial charge in [0.05, 0.1) is 17.0 Å². The fraction of sp³-hybridized carbons (Fsp3) is 0.500. The van der Waals surface area contributed by atoms with Gasteiger partial charge in [-0.1, -0.05) is 55.8 Å². The van der Waals surface area contributed by atoms with Crippen molar-refractivity contribution in [2.75, 3.05) is 25.9 Å². The summed E-state index contributed by atoms with van der Waals surface area (Å²) in [6.07, 6.45) is 8.41. The van der Waals surface area contributed by atoms with Crippen LogP contribution < -0.4 is 15.8 Å². The number of aliphatic hydroxyl groups is 1. The molecule has 0 amide bonds. The molecule has 2 heterocycles. The zero-order valence-corrected chi connectivity index (χ0v) is 20.7. The van der Waals surface area contributed by atoms with Gasteiger partial charge >= 0.3 is 0 Å². The lowest BCUT2D eigenvalue weighted by Crippen LogP contribution is -2.29. The largest absolute Gasteiger partial charge is 0.491 e. The van der Waals surface area contributed by atoms with Crippen molar-refractivity contribution < 1.29 is 14.4 Å². The summed E-state index contributed by atoms with van der Waals surface area (Å²) in [5, 5.41) is 16.7. The number of nitrogens with one attached hydrogen (secondary N) is 1. The highest BCUT2D eigenvalue weighted by Gasteiger charge is 2.19. The quantitative estimate of drug-likeness (QED) is 0.461. The highest BCUT2D eigenvalue weighted by Crippen LogP contribution is 2.32. The van der Waals surface area contributed by atoms with Crippen LogP contribution in [0.3, 0.4) is 0 Å². The molecule has 1 aliphatic rings. The molecule has 3 aromatic rings. The first-order chi connectivity index (χ1) is 16.4. The lowest BCUT2D eigenvalue weighted by molar-refractivity contribution is 0.108. The molecule has 4 rings (SSSR count). The van der Waals surface area contributed by atoms with E-state index in [1.54, 1.807) is 7.05 Å². The Morgan fingerprint density at radius 2 is 1.76 bits per heavy atom. The third kappa shape index (κ3) is 6.77. The molecule has 4 N–H and O–H groups in total.